The Kier molecular flexibility index (Phi) is 6.17. The van der Waals surface area contributed by atoms with E-state index in [0.29, 0.717) is 23.5 Å². The molecule has 0 radical (unpaired) electrons. The van der Waals surface area contributed by atoms with Crippen LogP contribution in [0.5, 0.6) is 0 Å². The lowest BCUT2D eigenvalue weighted by Crippen LogP contribution is -2.35. The van der Waals surface area contributed by atoms with Gasteiger partial charge in [-0.3, -0.25) is 4.79 Å². The third-order valence-electron chi connectivity index (χ3n) is 4.28. The molecule has 2 aromatic rings. The Morgan fingerprint density at radius 3 is 2.42 bits per heavy atom. The Morgan fingerprint density at radius 2 is 1.85 bits per heavy atom. The predicted octanol–water partition coefficient (Wildman–Crippen LogP) is 1.76. The number of rotatable bonds is 7. The lowest BCUT2D eigenvalue weighted by atomic mass is 10.1. The second-order valence-electron chi connectivity index (χ2n) is 5.96. The number of aryl methyl sites for hydroxylation is 2. The minimum atomic E-state index is -4.64. The molecule has 144 valence electrons. The molecule has 0 aliphatic rings. The monoisotopic (exact) mass is 372 g/mol. The van der Waals surface area contributed by atoms with Gasteiger partial charge < -0.3 is 10.2 Å². The standard InChI is InChI=1S/C16H23F3N6O/c1-5-24(6-2)8-7-20-13(26)9-12-10(3)21-15-22-14(16(17,18)19)23-25(15)11(12)4/h5-9H2,1-4H3,(H,20,26). The summed E-state index contributed by atoms with van der Waals surface area (Å²) in [6.07, 6.45) is -4.61. The molecule has 10 heteroatoms. The molecule has 0 aliphatic heterocycles. The molecule has 0 aromatic carbocycles. The quantitative estimate of drug-likeness (QED) is 0.802. The number of fused-ring (bicyclic) bond motifs is 1. The van der Waals surface area contributed by atoms with Crippen molar-refractivity contribution in [2.24, 2.45) is 0 Å². The van der Waals surface area contributed by atoms with Gasteiger partial charge in [0, 0.05) is 30.0 Å². The van der Waals surface area contributed by atoms with Gasteiger partial charge in [0.25, 0.3) is 11.6 Å². The number of nitrogens with zero attached hydrogens (tertiary/aromatic N) is 5. The van der Waals surface area contributed by atoms with Crippen LogP contribution in [-0.4, -0.2) is 56.6 Å². The second kappa shape index (κ2) is 7.98. The van der Waals surface area contributed by atoms with Gasteiger partial charge in [-0.05, 0) is 26.9 Å². The normalized spacial score (nSPS) is 12.2. The summed E-state index contributed by atoms with van der Waals surface area (Å²) in [6.45, 7) is 10.4. The van der Waals surface area contributed by atoms with Crippen molar-refractivity contribution in [3.8, 4) is 0 Å². The Hall–Kier alpha value is -2.23. The van der Waals surface area contributed by atoms with Gasteiger partial charge in [-0.25, -0.2) is 9.50 Å². The molecule has 2 rings (SSSR count). The summed E-state index contributed by atoms with van der Waals surface area (Å²) in [6, 6.07) is 0. The average Bonchev–Trinajstić information content (AvgIpc) is 3.00. The summed E-state index contributed by atoms with van der Waals surface area (Å²) in [4.78, 5) is 21.9. The molecule has 26 heavy (non-hydrogen) atoms. The molecule has 0 spiro atoms. The number of hydrogen-bond donors (Lipinski definition) is 1. The average molecular weight is 372 g/mol. The van der Waals surface area contributed by atoms with E-state index in [1.165, 1.54) is 0 Å². The number of hydrogen-bond acceptors (Lipinski definition) is 5. The molecule has 0 atom stereocenters. The van der Waals surface area contributed by atoms with Crippen molar-refractivity contribution >= 4 is 11.7 Å². The van der Waals surface area contributed by atoms with Gasteiger partial charge in [0.05, 0.1) is 6.42 Å². The lowest BCUT2D eigenvalue weighted by Gasteiger charge is -2.18. The van der Waals surface area contributed by atoms with Crippen LogP contribution in [0.1, 0.15) is 36.6 Å². The summed E-state index contributed by atoms with van der Waals surface area (Å²) in [5.74, 6) is -1.58. The summed E-state index contributed by atoms with van der Waals surface area (Å²) < 4.78 is 39.4. The van der Waals surface area contributed by atoms with Crippen LogP contribution < -0.4 is 5.32 Å². The van der Waals surface area contributed by atoms with Crippen LogP contribution in [0.15, 0.2) is 0 Å². The van der Waals surface area contributed by atoms with Crippen LogP contribution >= 0.6 is 0 Å². The molecule has 1 N–H and O–H groups in total. The Bertz CT molecular complexity index is 782. The molecular weight excluding hydrogens is 349 g/mol. The minimum Gasteiger partial charge on any atom is -0.355 e. The van der Waals surface area contributed by atoms with E-state index in [4.69, 9.17) is 0 Å². The van der Waals surface area contributed by atoms with Crippen molar-refractivity contribution in [2.75, 3.05) is 26.2 Å². The van der Waals surface area contributed by atoms with Crippen LogP contribution in [0.2, 0.25) is 0 Å². The Balaban J connectivity index is 2.15. The molecule has 2 heterocycles. The number of nitrogens with one attached hydrogen (secondary N) is 1. The summed E-state index contributed by atoms with van der Waals surface area (Å²) in [5.41, 5.74) is 1.45. The van der Waals surface area contributed by atoms with Crippen molar-refractivity contribution in [3.05, 3.63) is 22.8 Å². The van der Waals surface area contributed by atoms with Gasteiger partial charge in [0.2, 0.25) is 5.91 Å². The molecule has 0 fully saturated rings. The zero-order valence-electron chi connectivity index (χ0n) is 15.3. The highest BCUT2D eigenvalue weighted by molar-refractivity contribution is 5.79. The molecule has 1 amide bonds. The van der Waals surface area contributed by atoms with Gasteiger partial charge in [0.1, 0.15) is 0 Å². The topological polar surface area (TPSA) is 75.4 Å². The van der Waals surface area contributed by atoms with Crippen LogP contribution in [0, 0.1) is 13.8 Å². The van der Waals surface area contributed by atoms with E-state index in [1.807, 2.05) is 13.8 Å². The maximum Gasteiger partial charge on any atom is 0.453 e. The van der Waals surface area contributed by atoms with E-state index < -0.39 is 12.0 Å². The van der Waals surface area contributed by atoms with Crippen molar-refractivity contribution in [2.45, 2.75) is 40.3 Å². The van der Waals surface area contributed by atoms with Gasteiger partial charge in [0.15, 0.2) is 0 Å². The SMILES string of the molecule is CCN(CC)CCNC(=O)Cc1c(C)nc2nc(C(F)(F)F)nn2c1C. The first-order valence-corrected chi connectivity index (χ1v) is 8.46. The highest BCUT2D eigenvalue weighted by Crippen LogP contribution is 2.27. The van der Waals surface area contributed by atoms with E-state index in [0.717, 1.165) is 24.1 Å². The van der Waals surface area contributed by atoms with Crippen molar-refractivity contribution in [1.82, 2.24) is 29.8 Å². The number of aromatic nitrogens is 4. The maximum atomic E-state index is 12.8. The molecule has 0 aliphatic carbocycles. The Labute approximate surface area is 149 Å². The third kappa shape index (κ3) is 4.48. The smallest absolute Gasteiger partial charge is 0.355 e. The van der Waals surface area contributed by atoms with Gasteiger partial charge in [-0.2, -0.15) is 18.2 Å². The molecule has 7 nitrogen and oxygen atoms in total. The van der Waals surface area contributed by atoms with Gasteiger partial charge in [-0.1, -0.05) is 13.8 Å². The number of alkyl halides is 3. The predicted molar refractivity (Wildman–Crippen MR) is 89.8 cm³/mol. The van der Waals surface area contributed by atoms with Crippen LogP contribution in [-0.2, 0) is 17.4 Å². The summed E-state index contributed by atoms with van der Waals surface area (Å²) in [7, 11) is 0. The lowest BCUT2D eigenvalue weighted by molar-refractivity contribution is -0.144. The highest BCUT2D eigenvalue weighted by atomic mass is 19.4. The fourth-order valence-electron chi connectivity index (χ4n) is 2.70. The number of likely N-dealkylation sites (N-methyl/N-ethyl adjacent to an activating group) is 1. The number of carbonyl (C=O) groups excluding carboxylic acids is 1. The zero-order chi connectivity index (χ0) is 19.5. The third-order valence-corrected chi connectivity index (χ3v) is 4.28. The molecule has 0 saturated heterocycles. The van der Waals surface area contributed by atoms with E-state index in [9.17, 15) is 18.0 Å². The first-order valence-electron chi connectivity index (χ1n) is 8.46. The van der Waals surface area contributed by atoms with Gasteiger partial charge in [-0.15, -0.1) is 5.10 Å². The fraction of sp³-hybridized carbons (Fsp3) is 0.625. The Morgan fingerprint density at radius 1 is 1.19 bits per heavy atom. The highest BCUT2D eigenvalue weighted by Gasteiger charge is 2.37. The second-order valence-corrected chi connectivity index (χ2v) is 5.96. The van der Waals surface area contributed by atoms with E-state index in [-0.39, 0.29) is 18.1 Å². The van der Waals surface area contributed by atoms with Crippen LogP contribution in [0.4, 0.5) is 13.2 Å². The fourth-order valence-corrected chi connectivity index (χ4v) is 2.70. The summed E-state index contributed by atoms with van der Waals surface area (Å²) >= 11 is 0. The molecule has 0 unspecified atom stereocenters. The molecular formula is C16H23F3N6O. The first kappa shape index (κ1) is 20.1. The van der Waals surface area contributed by atoms with E-state index >= 15 is 0 Å². The van der Waals surface area contributed by atoms with Crippen molar-refractivity contribution in [1.29, 1.82) is 0 Å². The number of halogens is 3. The zero-order valence-corrected chi connectivity index (χ0v) is 15.3. The van der Waals surface area contributed by atoms with Crippen molar-refractivity contribution < 1.29 is 18.0 Å². The number of carbonyl (C=O) groups is 1. The van der Waals surface area contributed by atoms with E-state index in [2.05, 4.69) is 25.3 Å². The summed E-state index contributed by atoms with van der Waals surface area (Å²) in [5, 5.41) is 6.31. The van der Waals surface area contributed by atoms with Gasteiger partial charge >= 0.3 is 6.18 Å². The van der Waals surface area contributed by atoms with E-state index in [1.54, 1.807) is 13.8 Å². The number of amides is 1. The van der Waals surface area contributed by atoms with Crippen LogP contribution in [0.3, 0.4) is 0 Å². The van der Waals surface area contributed by atoms with Crippen LogP contribution in [0.25, 0.3) is 5.78 Å². The molecule has 0 saturated carbocycles. The van der Waals surface area contributed by atoms with Crippen molar-refractivity contribution in [3.63, 3.8) is 0 Å². The molecule has 2 aromatic heterocycles. The minimum absolute atomic E-state index is 0.0278. The maximum absolute atomic E-state index is 12.8. The largest absolute Gasteiger partial charge is 0.453 e. The molecule has 0 bridgehead atoms. The first-order chi connectivity index (χ1) is 12.2.